The van der Waals surface area contributed by atoms with E-state index in [1.54, 1.807) is 18.0 Å². The largest absolute Gasteiger partial charge is 0.382 e. The van der Waals surface area contributed by atoms with Crippen LogP contribution in [0, 0.1) is 6.92 Å². The first-order valence-electron chi connectivity index (χ1n) is 7.92. The predicted molar refractivity (Wildman–Crippen MR) is 97.5 cm³/mol. The Hall–Kier alpha value is -2.32. The van der Waals surface area contributed by atoms with Gasteiger partial charge in [-0.1, -0.05) is 17.8 Å². The summed E-state index contributed by atoms with van der Waals surface area (Å²) in [6, 6.07) is 7.68. The standard InChI is InChI=1S/C17H21N5O2S/c1-11-4-5-12-13(8-11)21-17(20-12)25-10-16(23)19-14(9-24-3)15-6-7-18-22(15)2/h4-8,14H,9-10H2,1-3H3,(H,19,23)(H,20,21). The summed E-state index contributed by atoms with van der Waals surface area (Å²) in [4.78, 5) is 20.1. The molecular formula is C17H21N5O2S. The summed E-state index contributed by atoms with van der Waals surface area (Å²) in [6.07, 6.45) is 1.70. The first-order chi connectivity index (χ1) is 12.1. The van der Waals surface area contributed by atoms with Crippen LogP contribution in [0.4, 0.5) is 0 Å². The molecular weight excluding hydrogens is 338 g/mol. The highest BCUT2D eigenvalue weighted by Crippen LogP contribution is 2.20. The third-order valence-electron chi connectivity index (χ3n) is 3.84. The summed E-state index contributed by atoms with van der Waals surface area (Å²) in [5.74, 6) is 0.196. The number of carbonyl (C=O) groups is 1. The summed E-state index contributed by atoms with van der Waals surface area (Å²) in [5, 5.41) is 7.86. The summed E-state index contributed by atoms with van der Waals surface area (Å²) in [7, 11) is 3.45. The van der Waals surface area contributed by atoms with Crippen molar-refractivity contribution < 1.29 is 9.53 Å². The zero-order valence-electron chi connectivity index (χ0n) is 14.4. The van der Waals surface area contributed by atoms with Gasteiger partial charge in [0.2, 0.25) is 5.91 Å². The molecule has 0 fully saturated rings. The van der Waals surface area contributed by atoms with Crippen LogP contribution in [-0.4, -0.2) is 45.1 Å². The van der Waals surface area contributed by atoms with E-state index in [-0.39, 0.29) is 17.7 Å². The van der Waals surface area contributed by atoms with E-state index >= 15 is 0 Å². The number of nitrogens with one attached hydrogen (secondary N) is 2. The highest BCUT2D eigenvalue weighted by molar-refractivity contribution is 7.99. The van der Waals surface area contributed by atoms with Gasteiger partial charge in [-0.3, -0.25) is 9.48 Å². The van der Waals surface area contributed by atoms with Crippen molar-refractivity contribution in [1.82, 2.24) is 25.1 Å². The first-order valence-corrected chi connectivity index (χ1v) is 8.90. The van der Waals surface area contributed by atoms with Crippen LogP contribution in [0.25, 0.3) is 11.0 Å². The van der Waals surface area contributed by atoms with Gasteiger partial charge in [-0.05, 0) is 30.7 Å². The number of benzene rings is 1. The Balaban J connectivity index is 1.61. The van der Waals surface area contributed by atoms with Gasteiger partial charge in [0, 0.05) is 20.4 Å². The lowest BCUT2D eigenvalue weighted by molar-refractivity contribution is -0.119. The number of ether oxygens (including phenoxy) is 1. The van der Waals surface area contributed by atoms with Crippen LogP contribution in [0.15, 0.2) is 35.6 Å². The molecule has 0 aliphatic rings. The van der Waals surface area contributed by atoms with Crippen molar-refractivity contribution in [2.24, 2.45) is 7.05 Å². The Morgan fingerprint density at radius 1 is 1.44 bits per heavy atom. The molecule has 0 aliphatic heterocycles. The van der Waals surface area contributed by atoms with Crippen molar-refractivity contribution in [3.8, 4) is 0 Å². The fourth-order valence-corrected chi connectivity index (χ4v) is 3.33. The molecule has 25 heavy (non-hydrogen) atoms. The number of hydrogen-bond donors (Lipinski definition) is 2. The van der Waals surface area contributed by atoms with Crippen LogP contribution < -0.4 is 5.32 Å². The topological polar surface area (TPSA) is 84.8 Å². The number of nitrogens with zero attached hydrogens (tertiary/aromatic N) is 3. The maximum atomic E-state index is 12.3. The van der Waals surface area contributed by atoms with Crippen LogP contribution in [-0.2, 0) is 16.6 Å². The predicted octanol–water partition coefficient (Wildman–Crippen LogP) is 2.20. The Bertz CT molecular complexity index is 873. The van der Waals surface area contributed by atoms with E-state index in [1.165, 1.54) is 17.3 Å². The summed E-state index contributed by atoms with van der Waals surface area (Å²) >= 11 is 1.38. The molecule has 1 aromatic carbocycles. The number of thioether (sulfide) groups is 1. The number of carbonyl (C=O) groups excluding carboxylic acids is 1. The summed E-state index contributed by atoms with van der Waals surface area (Å²) in [6.45, 7) is 2.43. The highest BCUT2D eigenvalue weighted by Gasteiger charge is 2.18. The van der Waals surface area contributed by atoms with Crippen molar-refractivity contribution in [2.75, 3.05) is 19.5 Å². The SMILES string of the molecule is COCC(NC(=O)CSc1nc2ccc(C)cc2[nH]1)c1ccnn1C. The van der Waals surface area contributed by atoms with Crippen molar-refractivity contribution in [2.45, 2.75) is 18.1 Å². The number of H-pyrrole nitrogens is 1. The minimum absolute atomic E-state index is 0.0788. The van der Waals surface area contributed by atoms with E-state index in [9.17, 15) is 4.79 Å². The van der Waals surface area contributed by atoms with Crippen LogP contribution in [0.3, 0.4) is 0 Å². The number of amides is 1. The van der Waals surface area contributed by atoms with E-state index in [2.05, 4.69) is 20.4 Å². The van der Waals surface area contributed by atoms with Crippen molar-refractivity contribution in [3.05, 3.63) is 41.7 Å². The van der Waals surface area contributed by atoms with E-state index in [0.29, 0.717) is 6.61 Å². The zero-order valence-corrected chi connectivity index (χ0v) is 15.3. The molecule has 0 aliphatic carbocycles. The van der Waals surface area contributed by atoms with Crippen LogP contribution >= 0.6 is 11.8 Å². The van der Waals surface area contributed by atoms with Gasteiger partial charge in [0.15, 0.2) is 5.16 Å². The molecule has 2 heterocycles. The monoisotopic (exact) mass is 359 g/mol. The molecule has 0 bridgehead atoms. The average molecular weight is 359 g/mol. The quantitative estimate of drug-likeness (QED) is 0.632. The van der Waals surface area contributed by atoms with E-state index in [0.717, 1.165) is 21.9 Å². The first kappa shape index (κ1) is 17.5. The van der Waals surface area contributed by atoms with Crippen molar-refractivity contribution >= 4 is 28.7 Å². The maximum absolute atomic E-state index is 12.3. The number of aromatic nitrogens is 4. The minimum atomic E-state index is -0.232. The van der Waals surface area contributed by atoms with E-state index in [1.807, 2.05) is 38.2 Å². The second-order valence-corrected chi connectivity index (χ2v) is 6.77. The molecule has 1 unspecified atom stereocenters. The molecule has 1 amide bonds. The summed E-state index contributed by atoms with van der Waals surface area (Å²) in [5.41, 5.74) is 3.96. The van der Waals surface area contributed by atoms with Crippen LogP contribution in [0.2, 0.25) is 0 Å². The molecule has 0 radical (unpaired) electrons. The lowest BCUT2D eigenvalue weighted by atomic mass is 10.2. The molecule has 132 valence electrons. The Kier molecular flexibility index (Phi) is 5.40. The molecule has 1 atom stereocenters. The second kappa shape index (κ2) is 7.71. The Labute approximate surface area is 150 Å². The number of rotatable bonds is 7. The molecule has 0 saturated carbocycles. The fraction of sp³-hybridized carbons (Fsp3) is 0.353. The molecule has 8 heteroatoms. The fourth-order valence-electron chi connectivity index (χ4n) is 2.63. The van der Waals surface area contributed by atoms with Gasteiger partial charge in [0.05, 0.1) is 35.1 Å². The van der Waals surface area contributed by atoms with E-state index < -0.39 is 0 Å². The number of aryl methyl sites for hydroxylation is 2. The van der Waals surface area contributed by atoms with Gasteiger partial charge < -0.3 is 15.0 Å². The molecule has 0 spiro atoms. The number of aromatic amines is 1. The average Bonchev–Trinajstić information content (AvgIpc) is 3.18. The van der Waals surface area contributed by atoms with E-state index in [4.69, 9.17) is 4.74 Å². The number of hydrogen-bond acceptors (Lipinski definition) is 5. The highest BCUT2D eigenvalue weighted by atomic mass is 32.2. The van der Waals surface area contributed by atoms with Crippen LogP contribution in [0.5, 0.6) is 0 Å². The molecule has 3 rings (SSSR count). The maximum Gasteiger partial charge on any atom is 0.231 e. The number of methoxy groups -OCH3 is 1. The third-order valence-corrected chi connectivity index (χ3v) is 4.71. The number of imidazole rings is 1. The Morgan fingerprint density at radius 2 is 2.28 bits per heavy atom. The number of fused-ring (bicyclic) bond motifs is 1. The smallest absolute Gasteiger partial charge is 0.231 e. The zero-order chi connectivity index (χ0) is 17.8. The van der Waals surface area contributed by atoms with Crippen LogP contribution in [0.1, 0.15) is 17.3 Å². The van der Waals surface area contributed by atoms with Gasteiger partial charge in [-0.25, -0.2) is 4.98 Å². The van der Waals surface area contributed by atoms with Gasteiger partial charge in [-0.2, -0.15) is 5.10 Å². The van der Waals surface area contributed by atoms with Gasteiger partial charge in [0.25, 0.3) is 0 Å². The molecule has 2 N–H and O–H groups in total. The molecule has 2 aromatic heterocycles. The summed E-state index contributed by atoms with van der Waals surface area (Å²) < 4.78 is 6.95. The van der Waals surface area contributed by atoms with Gasteiger partial charge in [-0.15, -0.1) is 0 Å². The van der Waals surface area contributed by atoms with Crippen molar-refractivity contribution in [1.29, 1.82) is 0 Å². The molecule has 7 nitrogen and oxygen atoms in total. The van der Waals surface area contributed by atoms with Crippen molar-refractivity contribution in [3.63, 3.8) is 0 Å². The Morgan fingerprint density at radius 3 is 3.00 bits per heavy atom. The lowest BCUT2D eigenvalue weighted by Crippen LogP contribution is -2.33. The minimum Gasteiger partial charge on any atom is -0.382 e. The third kappa shape index (κ3) is 4.21. The normalized spacial score (nSPS) is 12.4. The molecule has 3 aromatic rings. The van der Waals surface area contributed by atoms with Gasteiger partial charge in [0.1, 0.15) is 0 Å². The lowest BCUT2D eigenvalue weighted by Gasteiger charge is -2.18. The molecule has 0 saturated heterocycles. The second-order valence-electron chi connectivity index (χ2n) is 5.81. The van der Waals surface area contributed by atoms with Gasteiger partial charge >= 0.3 is 0 Å².